The molecular weight excluding hydrogens is 466 g/mol. The number of amides is 2. The zero-order valence-electron chi connectivity index (χ0n) is 19.3. The van der Waals surface area contributed by atoms with Gasteiger partial charge in [-0.3, -0.25) is 19.6 Å². The maximum Gasteiger partial charge on any atom is 0.261 e. The predicted molar refractivity (Wildman–Crippen MR) is 138 cm³/mol. The van der Waals surface area contributed by atoms with Crippen molar-refractivity contribution < 1.29 is 14.7 Å². The van der Waals surface area contributed by atoms with Crippen molar-refractivity contribution in [1.29, 1.82) is 0 Å². The maximum absolute atomic E-state index is 13.1. The lowest BCUT2D eigenvalue weighted by Crippen LogP contribution is -2.29. The molecule has 0 aliphatic carbocycles. The molecule has 1 aliphatic heterocycles. The molecule has 5 rings (SSSR count). The summed E-state index contributed by atoms with van der Waals surface area (Å²) in [5, 5.41) is 19.6. The van der Waals surface area contributed by atoms with Gasteiger partial charge in [0.25, 0.3) is 11.8 Å². The summed E-state index contributed by atoms with van der Waals surface area (Å²) in [6.45, 7) is 4.51. The Hall–Kier alpha value is -3.72. The van der Waals surface area contributed by atoms with Crippen LogP contribution in [0.5, 0.6) is 0 Å². The number of hydrogen-bond donors (Lipinski definition) is 2. The standard InChI is InChI=1S/C26H24ClN5O3/c1-4-31-14-19(17-7-5-6-8-20(17)31)22-23(26(35)28-25(22)34)24-18-11-15(27)9-10-21(18)32(29-24)13-16(33)12-30(2)3/h4-11,14,16,33H,1,12-13H2,2-3H3,(H,28,34,35). The lowest BCUT2D eigenvalue weighted by molar-refractivity contribution is -0.122. The molecule has 0 saturated heterocycles. The Morgan fingerprint density at radius 3 is 2.60 bits per heavy atom. The number of fused-ring (bicyclic) bond motifs is 2. The highest BCUT2D eigenvalue weighted by molar-refractivity contribution is 6.50. The molecule has 4 aromatic rings. The zero-order valence-corrected chi connectivity index (χ0v) is 20.1. The highest BCUT2D eigenvalue weighted by Crippen LogP contribution is 2.38. The van der Waals surface area contributed by atoms with E-state index in [2.05, 4.69) is 11.9 Å². The smallest absolute Gasteiger partial charge is 0.261 e. The molecular formula is C26H24ClN5O3. The quantitative estimate of drug-likeness (QED) is 0.389. The fraction of sp³-hybridized carbons (Fsp3) is 0.192. The van der Waals surface area contributed by atoms with Gasteiger partial charge in [-0.15, -0.1) is 0 Å². The Morgan fingerprint density at radius 1 is 1.11 bits per heavy atom. The first-order valence-corrected chi connectivity index (χ1v) is 11.5. The second-order valence-electron chi connectivity index (χ2n) is 8.79. The number of imide groups is 1. The molecule has 0 fully saturated rings. The highest BCUT2D eigenvalue weighted by Gasteiger charge is 2.36. The van der Waals surface area contributed by atoms with E-state index in [4.69, 9.17) is 16.7 Å². The number of hydrogen-bond acceptors (Lipinski definition) is 5. The average molecular weight is 490 g/mol. The van der Waals surface area contributed by atoms with Crippen LogP contribution in [0.3, 0.4) is 0 Å². The molecule has 1 unspecified atom stereocenters. The predicted octanol–water partition coefficient (Wildman–Crippen LogP) is 3.23. The number of halogens is 1. The van der Waals surface area contributed by atoms with Crippen molar-refractivity contribution in [2.75, 3.05) is 20.6 Å². The molecule has 0 spiro atoms. The summed E-state index contributed by atoms with van der Waals surface area (Å²) in [5.74, 6) is -1.02. The SMILES string of the molecule is C=Cn1cc(C2=C(c3nn(CC(O)CN(C)C)c4ccc(Cl)cc34)C(=O)NC2=O)c2ccccc21. The van der Waals surface area contributed by atoms with Gasteiger partial charge in [0.1, 0.15) is 5.69 Å². The summed E-state index contributed by atoms with van der Waals surface area (Å²) in [6.07, 6.45) is 2.75. The van der Waals surface area contributed by atoms with Crippen LogP contribution < -0.4 is 5.32 Å². The van der Waals surface area contributed by atoms with E-state index in [1.807, 2.05) is 47.8 Å². The Kier molecular flexibility index (Phi) is 5.80. The van der Waals surface area contributed by atoms with Crippen LogP contribution in [-0.4, -0.2) is 62.9 Å². The second kappa shape index (κ2) is 8.81. The third-order valence-electron chi connectivity index (χ3n) is 6.05. The first-order chi connectivity index (χ1) is 16.8. The van der Waals surface area contributed by atoms with Gasteiger partial charge in [0, 0.05) is 40.3 Å². The van der Waals surface area contributed by atoms with Crippen LogP contribution in [0.4, 0.5) is 0 Å². The van der Waals surface area contributed by atoms with E-state index >= 15 is 0 Å². The molecule has 2 amide bonds. The topological polar surface area (TPSA) is 92.4 Å². The van der Waals surface area contributed by atoms with E-state index in [9.17, 15) is 14.7 Å². The largest absolute Gasteiger partial charge is 0.390 e. The van der Waals surface area contributed by atoms with Crippen LogP contribution in [0.1, 0.15) is 11.3 Å². The molecule has 1 atom stereocenters. The Balaban J connectivity index is 1.76. The van der Waals surface area contributed by atoms with Gasteiger partial charge in [-0.05, 0) is 38.4 Å². The molecule has 0 radical (unpaired) electrons. The van der Waals surface area contributed by atoms with Crippen LogP contribution >= 0.6 is 11.6 Å². The number of aromatic nitrogens is 3. The van der Waals surface area contributed by atoms with Crippen molar-refractivity contribution >= 4 is 62.6 Å². The van der Waals surface area contributed by atoms with E-state index in [0.29, 0.717) is 33.7 Å². The monoisotopic (exact) mass is 489 g/mol. The van der Waals surface area contributed by atoms with Gasteiger partial charge < -0.3 is 14.6 Å². The zero-order chi connectivity index (χ0) is 24.9. The Labute approximate surface area is 206 Å². The average Bonchev–Trinajstić information content (AvgIpc) is 3.43. The number of para-hydroxylation sites is 1. The molecule has 3 heterocycles. The van der Waals surface area contributed by atoms with Crippen LogP contribution in [-0.2, 0) is 16.1 Å². The molecule has 9 heteroatoms. The van der Waals surface area contributed by atoms with E-state index in [-0.39, 0.29) is 17.7 Å². The van der Waals surface area contributed by atoms with Crippen molar-refractivity contribution in [1.82, 2.24) is 24.6 Å². The normalized spacial score (nSPS) is 15.0. The van der Waals surface area contributed by atoms with Crippen LogP contribution in [0, 0.1) is 0 Å². The molecule has 2 N–H and O–H groups in total. The summed E-state index contributed by atoms with van der Waals surface area (Å²) in [7, 11) is 3.75. The number of benzene rings is 2. The lowest BCUT2D eigenvalue weighted by Gasteiger charge is -2.16. The molecule has 2 aromatic heterocycles. The van der Waals surface area contributed by atoms with Crippen molar-refractivity contribution in [3.8, 4) is 0 Å². The number of nitrogens with one attached hydrogen (secondary N) is 1. The second-order valence-corrected chi connectivity index (χ2v) is 9.23. The summed E-state index contributed by atoms with van der Waals surface area (Å²) >= 11 is 6.31. The van der Waals surface area contributed by atoms with Crippen LogP contribution in [0.25, 0.3) is 39.2 Å². The number of nitrogens with zero attached hydrogens (tertiary/aromatic N) is 4. The minimum absolute atomic E-state index is 0.176. The van der Waals surface area contributed by atoms with Gasteiger partial charge in [0.15, 0.2) is 0 Å². The van der Waals surface area contributed by atoms with Crippen molar-refractivity contribution in [3.05, 3.63) is 71.5 Å². The Morgan fingerprint density at radius 2 is 1.86 bits per heavy atom. The fourth-order valence-corrected chi connectivity index (χ4v) is 4.82. The summed E-state index contributed by atoms with van der Waals surface area (Å²) < 4.78 is 3.47. The van der Waals surface area contributed by atoms with Gasteiger partial charge >= 0.3 is 0 Å². The van der Waals surface area contributed by atoms with Gasteiger partial charge in [-0.25, -0.2) is 0 Å². The molecule has 178 valence electrons. The molecule has 1 aliphatic rings. The number of carbonyl (C=O) groups excluding carboxylic acids is 2. The van der Waals surface area contributed by atoms with Crippen LogP contribution in [0.2, 0.25) is 5.02 Å². The fourth-order valence-electron chi connectivity index (χ4n) is 4.65. The number of carbonyl (C=O) groups is 2. The van der Waals surface area contributed by atoms with Crippen molar-refractivity contribution in [2.24, 2.45) is 0 Å². The minimum Gasteiger partial charge on any atom is -0.390 e. The molecule has 2 aromatic carbocycles. The van der Waals surface area contributed by atoms with E-state index < -0.39 is 17.9 Å². The number of rotatable bonds is 7. The summed E-state index contributed by atoms with van der Waals surface area (Å²) in [6, 6.07) is 12.9. The van der Waals surface area contributed by atoms with Gasteiger partial charge in [-0.1, -0.05) is 36.4 Å². The first kappa shape index (κ1) is 23.0. The molecule has 0 bridgehead atoms. The molecule has 8 nitrogen and oxygen atoms in total. The molecule has 0 saturated carbocycles. The van der Waals surface area contributed by atoms with Gasteiger partial charge in [0.2, 0.25) is 0 Å². The summed E-state index contributed by atoms with van der Waals surface area (Å²) in [4.78, 5) is 28.1. The van der Waals surface area contributed by atoms with Crippen LogP contribution in [0.15, 0.2) is 55.2 Å². The number of likely N-dealkylation sites (N-methyl/N-ethyl adjacent to an activating group) is 1. The minimum atomic E-state index is -0.685. The van der Waals surface area contributed by atoms with Crippen molar-refractivity contribution in [3.63, 3.8) is 0 Å². The van der Waals surface area contributed by atoms with Crippen molar-refractivity contribution in [2.45, 2.75) is 12.6 Å². The third kappa shape index (κ3) is 3.95. The van der Waals surface area contributed by atoms with Gasteiger partial charge in [-0.2, -0.15) is 5.10 Å². The highest BCUT2D eigenvalue weighted by atomic mass is 35.5. The van der Waals surface area contributed by atoms with E-state index in [1.54, 1.807) is 35.3 Å². The maximum atomic E-state index is 13.1. The molecule has 35 heavy (non-hydrogen) atoms. The lowest BCUT2D eigenvalue weighted by atomic mass is 9.97. The van der Waals surface area contributed by atoms with E-state index in [0.717, 1.165) is 10.9 Å². The number of aliphatic hydroxyl groups is 1. The summed E-state index contributed by atoms with van der Waals surface area (Å²) in [5.41, 5.74) is 2.93. The Bertz CT molecular complexity index is 1550. The van der Waals surface area contributed by atoms with Gasteiger partial charge in [0.05, 0.1) is 34.8 Å². The first-order valence-electron chi connectivity index (χ1n) is 11.1. The third-order valence-corrected chi connectivity index (χ3v) is 6.28. The van der Waals surface area contributed by atoms with E-state index in [1.165, 1.54) is 0 Å². The number of aliphatic hydroxyl groups excluding tert-OH is 1.